The van der Waals surface area contributed by atoms with Crippen molar-refractivity contribution < 1.29 is 27.5 Å². The lowest BCUT2D eigenvalue weighted by molar-refractivity contribution is -0.127. The molecule has 0 saturated carbocycles. The molecule has 4 rings (SSSR count). The molecule has 35 heavy (non-hydrogen) atoms. The van der Waals surface area contributed by atoms with Gasteiger partial charge in [-0.2, -0.15) is 0 Å². The Kier molecular flexibility index (Phi) is 8.23. The van der Waals surface area contributed by atoms with Crippen LogP contribution in [0.5, 0.6) is 0 Å². The van der Waals surface area contributed by atoms with Crippen LogP contribution >= 0.6 is 0 Å². The van der Waals surface area contributed by atoms with Crippen molar-refractivity contribution in [1.82, 2.24) is 9.80 Å². The van der Waals surface area contributed by atoms with E-state index in [0.717, 1.165) is 56.5 Å². The third-order valence-electron chi connectivity index (χ3n) is 7.35. The summed E-state index contributed by atoms with van der Waals surface area (Å²) >= 11 is 0. The van der Waals surface area contributed by atoms with E-state index in [2.05, 4.69) is 4.90 Å². The van der Waals surface area contributed by atoms with Crippen molar-refractivity contribution in [2.24, 2.45) is 5.92 Å². The number of piperidine rings is 2. The van der Waals surface area contributed by atoms with Crippen molar-refractivity contribution in [3.05, 3.63) is 76.9 Å². The van der Waals surface area contributed by atoms with Gasteiger partial charge in [0, 0.05) is 25.2 Å². The highest BCUT2D eigenvalue weighted by molar-refractivity contribution is 5.91. The summed E-state index contributed by atoms with van der Waals surface area (Å²) < 4.78 is 53.0. The van der Waals surface area contributed by atoms with Crippen LogP contribution in [-0.4, -0.2) is 59.6 Å². The van der Waals surface area contributed by atoms with E-state index in [9.17, 15) is 27.5 Å². The monoisotopic (exact) mass is 490 g/mol. The van der Waals surface area contributed by atoms with Crippen molar-refractivity contribution in [3.63, 3.8) is 0 Å². The van der Waals surface area contributed by atoms with Crippen LogP contribution in [0.2, 0.25) is 0 Å². The second-order valence-corrected chi connectivity index (χ2v) is 9.41. The number of rotatable bonds is 6. The summed E-state index contributed by atoms with van der Waals surface area (Å²) in [5, 5.41) is 10.1. The quantitative estimate of drug-likeness (QED) is 0.362. The Morgan fingerprint density at radius 3 is 2.11 bits per heavy atom. The first kappa shape index (κ1) is 25.4. The average molecular weight is 491 g/mol. The number of aliphatic hydroxyl groups is 1. The van der Waals surface area contributed by atoms with Gasteiger partial charge in [0.05, 0.1) is 6.61 Å². The van der Waals surface area contributed by atoms with Crippen molar-refractivity contribution >= 4 is 12.0 Å². The molecule has 188 valence electrons. The Morgan fingerprint density at radius 1 is 0.943 bits per heavy atom. The van der Waals surface area contributed by atoms with Crippen LogP contribution in [0.15, 0.2) is 42.5 Å². The molecule has 0 spiro atoms. The lowest BCUT2D eigenvalue weighted by Crippen LogP contribution is -2.50. The molecule has 1 atom stereocenters. The van der Waals surface area contributed by atoms with Crippen LogP contribution in [0.4, 0.5) is 17.6 Å². The van der Waals surface area contributed by atoms with Crippen LogP contribution in [0.25, 0.3) is 6.08 Å². The Hall–Kier alpha value is -2.71. The minimum Gasteiger partial charge on any atom is -0.395 e. The number of likely N-dealkylation sites (tertiary alicyclic amines) is 2. The zero-order valence-electron chi connectivity index (χ0n) is 19.5. The number of hydrogen-bond acceptors (Lipinski definition) is 3. The van der Waals surface area contributed by atoms with Gasteiger partial charge in [-0.05, 0) is 92.1 Å². The number of carbonyl (C=O) groups is 1. The summed E-state index contributed by atoms with van der Waals surface area (Å²) in [6, 6.07) is 8.42. The van der Waals surface area contributed by atoms with Gasteiger partial charge >= 0.3 is 0 Å². The van der Waals surface area contributed by atoms with Crippen molar-refractivity contribution in [2.45, 2.75) is 37.6 Å². The summed E-state index contributed by atoms with van der Waals surface area (Å²) in [6.45, 7) is 2.84. The van der Waals surface area contributed by atoms with Crippen molar-refractivity contribution in [1.29, 1.82) is 0 Å². The highest BCUT2D eigenvalue weighted by Gasteiger charge is 2.33. The summed E-state index contributed by atoms with van der Waals surface area (Å²) in [5.74, 6) is -3.98. The molecule has 0 bridgehead atoms. The van der Waals surface area contributed by atoms with Gasteiger partial charge in [0.25, 0.3) is 0 Å². The molecule has 2 saturated heterocycles. The highest BCUT2D eigenvalue weighted by Crippen LogP contribution is 2.32. The molecule has 2 aromatic carbocycles. The smallest absolute Gasteiger partial charge is 0.246 e. The van der Waals surface area contributed by atoms with Crippen LogP contribution < -0.4 is 0 Å². The molecule has 2 aliphatic rings. The minimum absolute atomic E-state index is 0.0297. The van der Waals surface area contributed by atoms with Crippen LogP contribution in [0.1, 0.15) is 42.7 Å². The lowest BCUT2D eigenvalue weighted by Gasteiger charge is -2.43. The number of halogens is 4. The van der Waals surface area contributed by atoms with Gasteiger partial charge < -0.3 is 10.0 Å². The molecule has 2 heterocycles. The molecule has 1 N–H and O–H groups in total. The molecule has 0 aliphatic carbocycles. The van der Waals surface area contributed by atoms with Gasteiger partial charge in [-0.3, -0.25) is 9.69 Å². The van der Waals surface area contributed by atoms with E-state index in [4.69, 9.17) is 0 Å². The number of hydrogen-bond donors (Lipinski definition) is 1. The first-order valence-corrected chi connectivity index (χ1v) is 12.1. The molecular weight excluding hydrogens is 460 g/mol. The second kappa shape index (κ2) is 11.4. The number of amides is 1. The van der Waals surface area contributed by atoms with Crippen molar-refractivity contribution in [3.8, 4) is 0 Å². The van der Waals surface area contributed by atoms with E-state index in [1.807, 2.05) is 12.1 Å². The Bertz CT molecular complexity index is 1020. The van der Waals surface area contributed by atoms with Crippen LogP contribution in [0.3, 0.4) is 0 Å². The molecule has 8 heteroatoms. The fraction of sp³-hybridized carbons (Fsp3) is 0.444. The zero-order chi connectivity index (χ0) is 24.9. The van der Waals surface area contributed by atoms with E-state index < -0.39 is 17.5 Å². The summed E-state index contributed by atoms with van der Waals surface area (Å²) in [4.78, 5) is 16.6. The second-order valence-electron chi connectivity index (χ2n) is 9.41. The van der Waals surface area contributed by atoms with E-state index in [-0.39, 0.29) is 35.9 Å². The molecule has 2 aliphatic heterocycles. The zero-order valence-corrected chi connectivity index (χ0v) is 19.5. The van der Waals surface area contributed by atoms with E-state index in [0.29, 0.717) is 19.0 Å². The topological polar surface area (TPSA) is 43.8 Å². The molecule has 0 radical (unpaired) electrons. The fourth-order valence-corrected chi connectivity index (χ4v) is 5.31. The van der Waals surface area contributed by atoms with Gasteiger partial charge in [-0.15, -0.1) is 0 Å². The number of carbonyl (C=O) groups excluding carboxylic acids is 1. The first-order valence-electron chi connectivity index (χ1n) is 12.1. The minimum atomic E-state index is -1.53. The van der Waals surface area contributed by atoms with Gasteiger partial charge in [-0.1, -0.05) is 12.1 Å². The molecule has 1 amide bonds. The predicted octanol–water partition coefficient (Wildman–Crippen LogP) is 4.74. The summed E-state index contributed by atoms with van der Waals surface area (Å²) in [6.07, 6.45) is 5.94. The maximum absolute atomic E-state index is 13.4. The fourth-order valence-electron chi connectivity index (χ4n) is 5.31. The SMILES string of the molecule is O=C(/C=C/c1cc(F)c(F)c(F)c1)N1CCC(C(CO)N2CCC(c3ccc(F)cc3)CC2)CC1. The molecule has 0 aromatic heterocycles. The first-order chi connectivity index (χ1) is 16.9. The van der Waals surface area contributed by atoms with Gasteiger partial charge in [0.2, 0.25) is 5.91 Å². The van der Waals surface area contributed by atoms with E-state index in [1.165, 1.54) is 24.3 Å². The largest absolute Gasteiger partial charge is 0.395 e. The van der Waals surface area contributed by atoms with Crippen LogP contribution in [0, 0.1) is 29.2 Å². The Labute approximate surface area is 202 Å². The Morgan fingerprint density at radius 2 is 1.54 bits per heavy atom. The maximum Gasteiger partial charge on any atom is 0.246 e. The number of benzene rings is 2. The highest BCUT2D eigenvalue weighted by atomic mass is 19.2. The predicted molar refractivity (Wildman–Crippen MR) is 125 cm³/mol. The summed E-state index contributed by atoms with van der Waals surface area (Å²) in [5.41, 5.74) is 1.23. The molecule has 2 fully saturated rings. The molecule has 4 nitrogen and oxygen atoms in total. The lowest BCUT2D eigenvalue weighted by atomic mass is 9.85. The third-order valence-corrected chi connectivity index (χ3v) is 7.35. The summed E-state index contributed by atoms with van der Waals surface area (Å²) in [7, 11) is 0. The van der Waals surface area contributed by atoms with Gasteiger partial charge in [-0.25, -0.2) is 17.6 Å². The van der Waals surface area contributed by atoms with E-state index in [1.54, 1.807) is 4.90 Å². The van der Waals surface area contributed by atoms with Gasteiger partial charge in [0.1, 0.15) is 5.82 Å². The molecule has 1 unspecified atom stereocenters. The number of aliphatic hydroxyl groups excluding tert-OH is 1. The molecule has 2 aromatic rings. The van der Waals surface area contributed by atoms with Gasteiger partial charge in [0.15, 0.2) is 17.5 Å². The van der Waals surface area contributed by atoms with E-state index >= 15 is 0 Å². The molecular formula is C27H30F4N2O2. The average Bonchev–Trinajstić information content (AvgIpc) is 2.87. The standard InChI is InChI=1S/C27H30F4N2O2/c28-22-4-2-19(3-5-22)20-7-11-32(12-8-20)25(17-34)21-9-13-33(14-10-21)26(35)6-1-18-15-23(29)27(31)24(30)16-18/h1-6,15-16,20-21,25,34H,7-14,17H2/b6-1+. The third kappa shape index (κ3) is 6.11. The Balaban J connectivity index is 1.28. The normalized spacial score (nSPS) is 19.4. The van der Waals surface area contributed by atoms with Crippen molar-refractivity contribution in [2.75, 3.05) is 32.8 Å². The van der Waals surface area contributed by atoms with Crippen LogP contribution in [-0.2, 0) is 4.79 Å². The maximum atomic E-state index is 13.4. The number of nitrogens with zero attached hydrogens (tertiary/aromatic N) is 2.